The molecule has 280 valence electrons. The molecule has 0 heterocycles. The van der Waals surface area contributed by atoms with Gasteiger partial charge >= 0.3 is 11.9 Å². The van der Waals surface area contributed by atoms with Crippen molar-refractivity contribution >= 4 is 11.9 Å². The number of nitrogens with two attached hydrogens (primary N) is 1. The number of carbonyl (C=O) groups excluding carboxylic acids is 2. The molecule has 4 aromatic rings. The number of rotatable bonds is 12. The van der Waals surface area contributed by atoms with E-state index in [1.807, 2.05) is 71.0 Å². The molecule has 0 saturated heterocycles. The molecule has 52 heavy (non-hydrogen) atoms. The summed E-state index contributed by atoms with van der Waals surface area (Å²) in [6.07, 6.45) is 0.0907. The second-order valence-corrected chi connectivity index (χ2v) is 13.1. The van der Waals surface area contributed by atoms with E-state index in [4.69, 9.17) is 24.7 Å². The number of esters is 2. The van der Waals surface area contributed by atoms with Gasteiger partial charge in [-0.3, -0.25) is 9.59 Å². The summed E-state index contributed by atoms with van der Waals surface area (Å²) in [5.41, 5.74) is 16.0. The summed E-state index contributed by atoms with van der Waals surface area (Å²) in [6, 6.07) is 14.3. The Morgan fingerprint density at radius 3 is 1.46 bits per heavy atom. The van der Waals surface area contributed by atoms with Crippen LogP contribution >= 0.6 is 0 Å². The van der Waals surface area contributed by atoms with Gasteiger partial charge in [-0.05, 0) is 159 Å². The highest BCUT2D eigenvalue weighted by atomic mass is 19.1. The topological polar surface area (TPSA) is 97.1 Å². The molecule has 0 aromatic heterocycles. The molecule has 0 spiro atoms. The van der Waals surface area contributed by atoms with Crippen LogP contribution in [0.5, 0.6) is 11.5 Å². The Balaban J connectivity index is 0.000000280. The molecular formula is C43H53F2NO6. The Morgan fingerprint density at radius 1 is 0.635 bits per heavy atom. The number of halogens is 2. The van der Waals surface area contributed by atoms with E-state index in [-0.39, 0.29) is 43.0 Å². The van der Waals surface area contributed by atoms with E-state index in [2.05, 4.69) is 0 Å². The van der Waals surface area contributed by atoms with Gasteiger partial charge in [0, 0.05) is 11.6 Å². The number of hydrogen-bond donors (Lipinski definition) is 1. The van der Waals surface area contributed by atoms with Crippen LogP contribution < -0.4 is 15.2 Å². The molecule has 0 radical (unpaired) electrons. The first-order chi connectivity index (χ1) is 24.6. The summed E-state index contributed by atoms with van der Waals surface area (Å²) in [7, 11) is 3.27. The SMILES string of the molecule is CCOC(=O)C[C@H](C)c1cc(-c2c(C)ccc(OC)c2C)cc(C)c1F.CCOC(=O)C[C@H](N)c1cc(-c2c(C)ccc(OC)c2C)cc(C)c1F. The van der Waals surface area contributed by atoms with Crippen LogP contribution in [0.25, 0.3) is 22.3 Å². The van der Waals surface area contributed by atoms with Crippen molar-refractivity contribution in [3.05, 3.63) is 105 Å². The zero-order chi connectivity index (χ0) is 38.9. The van der Waals surface area contributed by atoms with E-state index >= 15 is 0 Å². The molecular weight excluding hydrogens is 664 g/mol. The Hall–Kier alpha value is -4.76. The summed E-state index contributed by atoms with van der Waals surface area (Å²) in [5.74, 6) is -0.0857. The minimum Gasteiger partial charge on any atom is -0.496 e. The zero-order valence-corrected chi connectivity index (χ0v) is 32.4. The maximum atomic E-state index is 14.8. The highest BCUT2D eigenvalue weighted by molar-refractivity contribution is 5.77. The molecule has 0 aliphatic rings. The van der Waals surface area contributed by atoms with Gasteiger partial charge in [-0.1, -0.05) is 19.1 Å². The lowest BCUT2D eigenvalue weighted by Crippen LogP contribution is -2.19. The Kier molecular flexibility index (Phi) is 14.9. The first kappa shape index (κ1) is 41.7. The lowest BCUT2D eigenvalue weighted by Gasteiger charge is -2.19. The molecule has 4 aromatic carbocycles. The number of methoxy groups -OCH3 is 2. The second-order valence-electron chi connectivity index (χ2n) is 13.1. The highest BCUT2D eigenvalue weighted by Crippen LogP contribution is 2.38. The Bertz CT molecular complexity index is 1770. The van der Waals surface area contributed by atoms with E-state index in [0.29, 0.717) is 28.9 Å². The van der Waals surface area contributed by atoms with Crippen LogP contribution in [0.15, 0.2) is 48.5 Å². The van der Waals surface area contributed by atoms with Gasteiger partial charge in [0.05, 0.1) is 40.3 Å². The largest absolute Gasteiger partial charge is 0.496 e. The van der Waals surface area contributed by atoms with Gasteiger partial charge < -0.3 is 24.7 Å². The second kappa shape index (κ2) is 18.6. The quantitative estimate of drug-likeness (QED) is 0.146. The molecule has 9 heteroatoms. The third kappa shape index (κ3) is 9.76. The van der Waals surface area contributed by atoms with Gasteiger partial charge in [0.15, 0.2) is 0 Å². The third-order valence-corrected chi connectivity index (χ3v) is 9.23. The minimum atomic E-state index is -0.765. The van der Waals surface area contributed by atoms with Crippen molar-refractivity contribution in [2.75, 3.05) is 27.4 Å². The Labute approximate surface area is 307 Å². The van der Waals surface area contributed by atoms with Crippen molar-refractivity contribution in [1.82, 2.24) is 0 Å². The van der Waals surface area contributed by atoms with E-state index in [0.717, 1.165) is 56.0 Å². The lowest BCUT2D eigenvalue weighted by atomic mass is 9.88. The molecule has 2 N–H and O–H groups in total. The lowest BCUT2D eigenvalue weighted by molar-refractivity contribution is -0.144. The van der Waals surface area contributed by atoms with Crippen LogP contribution in [-0.4, -0.2) is 39.4 Å². The van der Waals surface area contributed by atoms with Gasteiger partial charge in [0.2, 0.25) is 0 Å². The van der Waals surface area contributed by atoms with Crippen molar-refractivity contribution in [3.8, 4) is 33.8 Å². The Morgan fingerprint density at radius 2 is 1.04 bits per heavy atom. The van der Waals surface area contributed by atoms with Gasteiger partial charge in [0.1, 0.15) is 23.1 Å². The van der Waals surface area contributed by atoms with Crippen LogP contribution in [0.1, 0.15) is 90.1 Å². The zero-order valence-electron chi connectivity index (χ0n) is 32.4. The molecule has 0 unspecified atom stereocenters. The maximum absolute atomic E-state index is 14.8. The van der Waals surface area contributed by atoms with Gasteiger partial charge in [-0.25, -0.2) is 8.78 Å². The molecule has 0 fully saturated rings. The molecule has 0 bridgehead atoms. The summed E-state index contributed by atoms with van der Waals surface area (Å²) in [5, 5.41) is 0. The van der Waals surface area contributed by atoms with Crippen molar-refractivity contribution in [2.45, 2.75) is 87.1 Å². The molecule has 0 aliphatic carbocycles. The number of carbonyl (C=O) groups is 2. The fourth-order valence-electron chi connectivity index (χ4n) is 6.59. The van der Waals surface area contributed by atoms with Crippen molar-refractivity contribution in [1.29, 1.82) is 0 Å². The predicted octanol–water partition coefficient (Wildman–Crippen LogP) is 9.86. The first-order valence-electron chi connectivity index (χ1n) is 17.6. The number of aryl methyl sites for hydroxylation is 4. The molecule has 4 rings (SSSR count). The van der Waals surface area contributed by atoms with Crippen LogP contribution in [0.3, 0.4) is 0 Å². The van der Waals surface area contributed by atoms with Crippen LogP contribution in [0, 0.1) is 53.2 Å². The van der Waals surface area contributed by atoms with Crippen molar-refractivity contribution in [3.63, 3.8) is 0 Å². The van der Waals surface area contributed by atoms with Crippen molar-refractivity contribution < 1.29 is 37.3 Å². The predicted molar refractivity (Wildman–Crippen MR) is 203 cm³/mol. The van der Waals surface area contributed by atoms with E-state index in [1.165, 1.54) is 0 Å². The maximum Gasteiger partial charge on any atom is 0.307 e. The normalized spacial score (nSPS) is 12.0. The summed E-state index contributed by atoms with van der Waals surface area (Å²) in [6.45, 7) is 17.4. The summed E-state index contributed by atoms with van der Waals surface area (Å²) < 4.78 is 50.2. The van der Waals surface area contributed by atoms with E-state index in [1.54, 1.807) is 54.0 Å². The standard InChI is InChI=1S/C22H27FO3.C21H26FNO3/c1-7-26-20(24)11-14(3)18-12-17(10-15(4)22(18)23)21-13(2)8-9-19(25-6)16(21)5;1-6-26-19(24)11-17(23)16-10-15(9-13(3)21(16)22)20-12(2)7-8-18(25-5)14(20)4/h8-10,12,14H,7,11H2,1-6H3;7-10,17H,6,11,23H2,1-5H3/t14-;17-/m00/s1. The first-order valence-corrected chi connectivity index (χ1v) is 17.6. The summed E-state index contributed by atoms with van der Waals surface area (Å²) in [4.78, 5) is 23.5. The third-order valence-electron chi connectivity index (χ3n) is 9.23. The smallest absolute Gasteiger partial charge is 0.307 e. The minimum absolute atomic E-state index is 0.0657. The average molecular weight is 718 g/mol. The molecule has 7 nitrogen and oxygen atoms in total. The number of ether oxygens (including phenoxy) is 4. The number of benzene rings is 4. The fraction of sp³-hybridized carbons (Fsp3) is 0.395. The van der Waals surface area contributed by atoms with Gasteiger partial charge in [0.25, 0.3) is 0 Å². The van der Waals surface area contributed by atoms with Crippen LogP contribution in [0.2, 0.25) is 0 Å². The fourth-order valence-corrected chi connectivity index (χ4v) is 6.59. The molecule has 0 saturated carbocycles. The molecule has 2 atom stereocenters. The van der Waals surface area contributed by atoms with Crippen LogP contribution in [0.4, 0.5) is 8.78 Å². The highest BCUT2D eigenvalue weighted by Gasteiger charge is 2.22. The average Bonchev–Trinajstić information content (AvgIpc) is 3.08. The van der Waals surface area contributed by atoms with E-state index in [9.17, 15) is 18.4 Å². The van der Waals surface area contributed by atoms with Gasteiger partial charge in [-0.2, -0.15) is 0 Å². The van der Waals surface area contributed by atoms with Crippen molar-refractivity contribution in [2.24, 2.45) is 5.73 Å². The summed E-state index contributed by atoms with van der Waals surface area (Å²) >= 11 is 0. The van der Waals surface area contributed by atoms with Gasteiger partial charge in [-0.15, -0.1) is 0 Å². The molecule has 0 amide bonds. The van der Waals surface area contributed by atoms with Crippen LogP contribution in [-0.2, 0) is 19.1 Å². The monoisotopic (exact) mass is 717 g/mol. The number of hydrogen-bond acceptors (Lipinski definition) is 7. The van der Waals surface area contributed by atoms with E-state index < -0.39 is 12.0 Å². The molecule has 0 aliphatic heterocycles.